The molecule has 1 aromatic rings. The topological polar surface area (TPSA) is 26.7 Å². The van der Waals surface area contributed by atoms with Gasteiger partial charge in [-0.3, -0.25) is 4.90 Å². The van der Waals surface area contributed by atoms with Gasteiger partial charge in [-0.05, 0) is 18.6 Å². The fourth-order valence-corrected chi connectivity index (χ4v) is 2.56. The van der Waals surface area contributed by atoms with Crippen LogP contribution in [-0.4, -0.2) is 48.8 Å². The number of aliphatic hydroxyl groups excluding tert-OH is 1. The molecule has 1 heterocycles. The summed E-state index contributed by atoms with van der Waals surface area (Å²) in [5.74, 6) is 0. The molecule has 1 N–H and O–H groups in total. The van der Waals surface area contributed by atoms with Crippen LogP contribution in [0.1, 0.15) is 13.3 Å². The highest BCUT2D eigenvalue weighted by molar-refractivity contribution is 6.33. The van der Waals surface area contributed by atoms with Crippen LogP contribution in [0.4, 0.5) is 5.69 Å². The second-order valence-corrected chi connectivity index (χ2v) is 5.21. The van der Waals surface area contributed by atoms with Crippen LogP contribution >= 0.6 is 11.6 Å². The van der Waals surface area contributed by atoms with Crippen molar-refractivity contribution < 1.29 is 5.11 Å². The first-order chi connectivity index (χ1) is 8.70. The normalized spacial score (nSPS) is 18.9. The minimum absolute atomic E-state index is 0.197. The van der Waals surface area contributed by atoms with Gasteiger partial charge in [0, 0.05) is 32.7 Å². The van der Waals surface area contributed by atoms with Crippen LogP contribution in [0.3, 0.4) is 0 Å². The van der Waals surface area contributed by atoms with Crippen LogP contribution < -0.4 is 4.90 Å². The van der Waals surface area contributed by atoms with Gasteiger partial charge in [0.25, 0.3) is 0 Å². The maximum atomic E-state index is 9.66. The first-order valence-corrected chi connectivity index (χ1v) is 6.98. The maximum Gasteiger partial charge on any atom is 0.0664 e. The molecular weight excluding hydrogens is 248 g/mol. The molecule has 0 spiro atoms. The summed E-state index contributed by atoms with van der Waals surface area (Å²) in [5.41, 5.74) is 1.12. The molecular formula is C14H21ClN2O. The Morgan fingerprint density at radius 1 is 1.22 bits per heavy atom. The number of β-amino-alcohol motifs (C(OH)–C–C–N with tert-alkyl or cyclic N) is 1. The summed E-state index contributed by atoms with van der Waals surface area (Å²) in [5, 5.41) is 10.5. The predicted octanol–water partition coefficient (Wildman–Crippen LogP) is 2.23. The Labute approximate surface area is 114 Å². The van der Waals surface area contributed by atoms with Gasteiger partial charge in [0.2, 0.25) is 0 Å². The second kappa shape index (κ2) is 6.41. The number of piperazine rings is 1. The Balaban J connectivity index is 1.89. The van der Waals surface area contributed by atoms with Crippen LogP contribution in [0.25, 0.3) is 0 Å². The second-order valence-electron chi connectivity index (χ2n) is 4.80. The summed E-state index contributed by atoms with van der Waals surface area (Å²) in [7, 11) is 0. The molecule has 1 aromatic carbocycles. The fourth-order valence-electron chi connectivity index (χ4n) is 2.31. The van der Waals surface area contributed by atoms with Gasteiger partial charge in [0.05, 0.1) is 16.8 Å². The van der Waals surface area contributed by atoms with Crippen LogP contribution in [-0.2, 0) is 0 Å². The molecule has 0 bridgehead atoms. The van der Waals surface area contributed by atoms with E-state index in [-0.39, 0.29) is 6.10 Å². The molecule has 1 atom stereocenters. The van der Waals surface area contributed by atoms with Crippen LogP contribution in [0.15, 0.2) is 24.3 Å². The summed E-state index contributed by atoms with van der Waals surface area (Å²) in [6.07, 6.45) is 0.627. The molecule has 0 radical (unpaired) electrons. The van der Waals surface area contributed by atoms with E-state index in [1.165, 1.54) is 0 Å². The molecule has 1 unspecified atom stereocenters. The Morgan fingerprint density at radius 2 is 1.89 bits per heavy atom. The zero-order valence-corrected chi connectivity index (χ0v) is 11.6. The molecule has 0 saturated carbocycles. The number of aliphatic hydroxyl groups is 1. The molecule has 1 saturated heterocycles. The highest BCUT2D eigenvalue weighted by Crippen LogP contribution is 2.25. The van der Waals surface area contributed by atoms with E-state index >= 15 is 0 Å². The Kier molecular flexibility index (Phi) is 4.87. The summed E-state index contributed by atoms with van der Waals surface area (Å²) in [6, 6.07) is 7.98. The fraction of sp³-hybridized carbons (Fsp3) is 0.571. The van der Waals surface area contributed by atoms with Gasteiger partial charge in [0.15, 0.2) is 0 Å². The molecule has 1 aliphatic rings. The van der Waals surface area contributed by atoms with Crippen molar-refractivity contribution in [1.82, 2.24) is 4.90 Å². The number of para-hydroxylation sites is 1. The van der Waals surface area contributed by atoms with Gasteiger partial charge in [-0.15, -0.1) is 0 Å². The number of halogens is 1. The molecule has 2 rings (SSSR count). The Hall–Kier alpha value is -0.770. The van der Waals surface area contributed by atoms with E-state index < -0.39 is 0 Å². The third kappa shape index (κ3) is 3.37. The van der Waals surface area contributed by atoms with Gasteiger partial charge < -0.3 is 10.0 Å². The number of nitrogens with zero attached hydrogens (tertiary/aromatic N) is 2. The van der Waals surface area contributed by atoms with Crippen molar-refractivity contribution in [2.45, 2.75) is 19.4 Å². The van der Waals surface area contributed by atoms with E-state index in [0.29, 0.717) is 0 Å². The standard InChI is InChI=1S/C14H21ClN2O/c1-2-12(18)11-16-7-9-17(10-8-16)14-6-4-3-5-13(14)15/h3-6,12,18H,2,7-11H2,1H3. The quantitative estimate of drug-likeness (QED) is 0.907. The average Bonchev–Trinajstić information content (AvgIpc) is 2.40. The van der Waals surface area contributed by atoms with Crippen molar-refractivity contribution >= 4 is 17.3 Å². The molecule has 4 heteroatoms. The smallest absolute Gasteiger partial charge is 0.0664 e. The first-order valence-electron chi connectivity index (χ1n) is 6.60. The van der Waals surface area contributed by atoms with Gasteiger partial charge in [0.1, 0.15) is 0 Å². The lowest BCUT2D eigenvalue weighted by Crippen LogP contribution is -2.48. The highest BCUT2D eigenvalue weighted by Gasteiger charge is 2.19. The maximum absolute atomic E-state index is 9.66. The number of rotatable bonds is 4. The number of anilines is 1. The zero-order chi connectivity index (χ0) is 13.0. The zero-order valence-electron chi connectivity index (χ0n) is 10.8. The minimum atomic E-state index is -0.197. The summed E-state index contributed by atoms with van der Waals surface area (Å²) in [6.45, 7) is 6.72. The largest absolute Gasteiger partial charge is 0.392 e. The SMILES string of the molecule is CCC(O)CN1CCN(c2ccccc2Cl)CC1. The molecule has 0 aliphatic carbocycles. The first kappa shape index (κ1) is 13.7. The van der Waals surface area contributed by atoms with Crippen molar-refractivity contribution in [3.8, 4) is 0 Å². The van der Waals surface area contributed by atoms with Gasteiger partial charge in [-0.25, -0.2) is 0 Å². The van der Waals surface area contributed by atoms with Crippen molar-refractivity contribution in [2.75, 3.05) is 37.6 Å². The lowest BCUT2D eigenvalue weighted by molar-refractivity contribution is 0.106. The molecule has 3 nitrogen and oxygen atoms in total. The van der Waals surface area contributed by atoms with Crippen LogP contribution in [0.2, 0.25) is 5.02 Å². The lowest BCUT2D eigenvalue weighted by atomic mass is 10.2. The lowest BCUT2D eigenvalue weighted by Gasteiger charge is -2.37. The minimum Gasteiger partial charge on any atom is -0.392 e. The van der Waals surface area contributed by atoms with Crippen LogP contribution in [0.5, 0.6) is 0 Å². The molecule has 0 aromatic heterocycles. The van der Waals surface area contributed by atoms with Crippen molar-refractivity contribution in [3.05, 3.63) is 29.3 Å². The summed E-state index contributed by atoms with van der Waals surface area (Å²) >= 11 is 6.21. The van der Waals surface area contributed by atoms with Gasteiger partial charge in [-0.1, -0.05) is 30.7 Å². The monoisotopic (exact) mass is 268 g/mol. The predicted molar refractivity (Wildman–Crippen MR) is 76.4 cm³/mol. The van der Waals surface area contributed by atoms with E-state index in [1.54, 1.807) is 0 Å². The van der Waals surface area contributed by atoms with E-state index in [2.05, 4.69) is 15.9 Å². The van der Waals surface area contributed by atoms with E-state index in [9.17, 15) is 5.11 Å². The Morgan fingerprint density at radius 3 is 2.50 bits per heavy atom. The molecule has 18 heavy (non-hydrogen) atoms. The third-order valence-corrected chi connectivity index (χ3v) is 3.83. The number of hydrogen-bond donors (Lipinski definition) is 1. The van der Waals surface area contributed by atoms with Crippen molar-refractivity contribution in [1.29, 1.82) is 0 Å². The van der Waals surface area contributed by atoms with Gasteiger partial charge >= 0.3 is 0 Å². The third-order valence-electron chi connectivity index (χ3n) is 3.51. The summed E-state index contributed by atoms with van der Waals surface area (Å²) in [4.78, 5) is 4.64. The number of hydrogen-bond acceptors (Lipinski definition) is 3. The molecule has 0 amide bonds. The average molecular weight is 269 g/mol. The van der Waals surface area contributed by atoms with Crippen molar-refractivity contribution in [2.24, 2.45) is 0 Å². The van der Waals surface area contributed by atoms with E-state index in [4.69, 9.17) is 11.6 Å². The molecule has 1 fully saturated rings. The van der Waals surface area contributed by atoms with Crippen LogP contribution in [0, 0.1) is 0 Å². The van der Waals surface area contributed by atoms with E-state index in [1.807, 2.05) is 25.1 Å². The number of benzene rings is 1. The van der Waals surface area contributed by atoms with Crippen molar-refractivity contribution in [3.63, 3.8) is 0 Å². The van der Waals surface area contributed by atoms with E-state index in [0.717, 1.165) is 49.9 Å². The summed E-state index contributed by atoms with van der Waals surface area (Å²) < 4.78 is 0. The van der Waals surface area contributed by atoms with Gasteiger partial charge in [-0.2, -0.15) is 0 Å². The highest BCUT2D eigenvalue weighted by atomic mass is 35.5. The molecule has 100 valence electrons. The Bertz CT molecular complexity index is 378. The molecule has 1 aliphatic heterocycles.